The van der Waals surface area contributed by atoms with Crippen molar-refractivity contribution in [2.45, 2.75) is 44.8 Å². The van der Waals surface area contributed by atoms with Gasteiger partial charge in [-0.05, 0) is 41.2 Å². The number of nitrogens with one attached hydrogen (secondary N) is 3. The highest BCUT2D eigenvalue weighted by Gasteiger charge is 2.51. The highest BCUT2D eigenvalue weighted by atomic mass is 35.5. The predicted molar refractivity (Wildman–Crippen MR) is 122 cm³/mol. The molecule has 2 aromatic rings. The number of carbonyl (C=O) groups is 1. The van der Waals surface area contributed by atoms with E-state index in [-0.39, 0.29) is 35.2 Å². The first-order valence-electron chi connectivity index (χ1n) is 10.8. The van der Waals surface area contributed by atoms with E-state index in [4.69, 9.17) is 16.3 Å². The summed E-state index contributed by atoms with van der Waals surface area (Å²) < 4.78 is 5.33. The number of ketones is 1. The van der Waals surface area contributed by atoms with Crippen molar-refractivity contribution in [3.63, 3.8) is 0 Å². The van der Waals surface area contributed by atoms with Crippen molar-refractivity contribution in [2.75, 3.05) is 7.11 Å². The summed E-state index contributed by atoms with van der Waals surface area (Å²) >= 11 is 6.70. The van der Waals surface area contributed by atoms with Gasteiger partial charge in [0.05, 0.1) is 19.3 Å². The smallest absolute Gasteiger partial charge is 0.161 e. The molecule has 2 aliphatic heterocycles. The maximum Gasteiger partial charge on any atom is 0.161 e. The first-order chi connectivity index (χ1) is 14.9. The first kappa shape index (κ1) is 20.6. The maximum atomic E-state index is 13.5. The topological polar surface area (TPSA) is 62.4 Å². The van der Waals surface area contributed by atoms with Gasteiger partial charge in [0.1, 0.15) is 5.75 Å². The summed E-state index contributed by atoms with van der Waals surface area (Å²) in [6, 6.07) is 16.1. The molecule has 0 aromatic heterocycles. The number of allylic oxidation sites excluding steroid dienone is 2. The zero-order valence-electron chi connectivity index (χ0n) is 18.0. The monoisotopic (exact) mass is 437 g/mol. The molecule has 0 radical (unpaired) electrons. The summed E-state index contributed by atoms with van der Waals surface area (Å²) in [5, 5.41) is 4.37. The highest BCUT2D eigenvalue weighted by molar-refractivity contribution is 6.31. The van der Waals surface area contributed by atoms with Crippen molar-refractivity contribution in [3.05, 3.63) is 76.0 Å². The van der Waals surface area contributed by atoms with E-state index in [1.165, 1.54) is 0 Å². The van der Waals surface area contributed by atoms with Crippen molar-refractivity contribution in [2.24, 2.45) is 11.3 Å². The molecule has 162 valence electrons. The first-order valence-corrected chi connectivity index (χ1v) is 11.2. The van der Waals surface area contributed by atoms with Crippen molar-refractivity contribution < 1.29 is 9.53 Å². The number of fused-ring (bicyclic) bond motifs is 1. The maximum absolute atomic E-state index is 13.5. The minimum atomic E-state index is -0.0897. The molecule has 2 aromatic carbocycles. The van der Waals surface area contributed by atoms with Crippen LogP contribution in [0.25, 0.3) is 0 Å². The van der Waals surface area contributed by atoms with E-state index in [0.29, 0.717) is 11.4 Å². The minimum Gasteiger partial charge on any atom is -0.497 e. The van der Waals surface area contributed by atoms with Gasteiger partial charge in [-0.15, -0.1) is 0 Å². The van der Waals surface area contributed by atoms with E-state index < -0.39 is 0 Å². The molecule has 4 atom stereocenters. The number of hydrazine groups is 1. The molecule has 1 saturated heterocycles. The van der Waals surface area contributed by atoms with Crippen molar-refractivity contribution >= 4 is 17.4 Å². The second kappa shape index (κ2) is 7.66. The normalized spacial score (nSPS) is 29.2. The lowest BCUT2D eigenvalue weighted by Crippen LogP contribution is -2.51. The number of Topliss-reactive ketones (excluding diaryl/α,β-unsaturated/α-hetero) is 1. The van der Waals surface area contributed by atoms with Crippen LogP contribution in [0.5, 0.6) is 5.75 Å². The third-order valence-corrected chi connectivity index (χ3v) is 7.17. The quantitative estimate of drug-likeness (QED) is 0.661. The fourth-order valence-electron chi connectivity index (χ4n) is 5.49. The molecule has 4 unspecified atom stereocenters. The van der Waals surface area contributed by atoms with Crippen LogP contribution in [0.2, 0.25) is 5.02 Å². The highest BCUT2D eigenvalue weighted by Crippen LogP contribution is 2.52. The number of benzene rings is 2. The van der Waals surface area contributed by atoms with Gasteiger partial charge in [-0.2, -0.15) is 0 Å². The van der Waals surface area contributed by atoms with Crippen molar-refractivity contribution in [1.29, 1.82) is 0 Å². The standard InChI is InChI=1S/C25H28ClN3O2/c1-25(2)12-18-21(19(30)13-25)20(16-6-4-5-7-17(16)26)22-23(28-29-24(22)27-18)14-8-10-15(31-3)11-9-14/h4-11,20,22-24,27-29H,12-13H2,1-3H3. The Balaban J connectivity index is 1.64. The number of hydrogen-bond acceptors (Lipinski definition) is 5. The molecule has 3 N–H and O–H groups in total. The Bertz CT molecular complexity index is 1050. The van der Waals surface area contributed by atoms with Crippen molar-refractivity contribution in [3.8, 4) is 5.75 Å². The third-order valence-electron chi connectivity index (χ3n) is 6.82. The van der Waals surface area contributed by atoms with Gasteiger partial charge in [-0.3, -0.25) is 4.79 Å². The van der Waals surface area contributed by atoms with Crippen LogP contribution in [-0.2, 0) is 4.79 Å². The minimum absolute atomic E-state index is 0.00572. The van der Waals surface area contributed by atoms with Gasteiger partial charge < -0.3 is 10.1 Å². The average Bonchev–Trinajstić information content (AvgIpc) is 3.15. The summed E-state index contributed by atoms with van der Waals surface area (Å²) in [6.07, 6.45) is 1.40. The molecular formula is C25H28ClN3O2. The number of ether oxygens (including phenoxy) is 1. The van der Waals surface area contributed by atoms with E-state index in [0.717, 1.165) is 34.6 Å². The SMILES string of the molecule is COc1ccc(C2NNC3NC4=C(C(=O)CC(C)(C)C4)C(c4ccccc4Cl)C32)cc1. The second-order valence-corrected chi connectivity index (χ2v) is 9.98. The summed E-state index contributed by atoms with van der Waals surface area (Å²) in [4.78, 5) is 13.5. The molecule has 6 heteroatoms. The molecule has 0 bridgehead atoms. The Morgan fingerprint density at radius 1 is 1.03 bits per heavy atom. The van der Waals surface area contributed by atoms with Gasteiger partial charge >= 0.3 is 0 Å². The Labute approximate surface area is 188 Å². The fraction of sp³-hybridized carbons (Fsp3) is 0.400. The van der Waals surface area contributed by atoms with E-state index in [9.17, 15) is 4.79 Å². The van der Waals surface area contributed by atoms with Crippen LogP contribution in [0.15, 0.2) is 59.8 Å². The van der Waals surface area contributed by atoms with Gasteiger partial charge in [0, 0.05) is 34.5 Å². The van der Waals surface area contributed by atoms with Gasteiger partial charge in [-0.25, -0.2) is 10.9 Å². The van der Waals surface area contributed by atoms with E-state index >= 15 is 0 Å². The molecule has 0 saturated carbocycles. The lowest BCUT2D eigenvalue weighted by Gasteiger charge is -2.44. The molecule has 2 heterocycles. The van der Waals surface area contributed by atoms with Gasteiger partial charge in [0.15, 0.2) is 5.78 Å². The Hall–Kier alpha value is -2.34. The van der Waals surface area contributed by atoms with Crippen LogP contribution in [-0.4, -0.2) is 19.1 Å². The molecule has 3 aliphatic rings. The molecular weight excluding hydrogens is 410 g/mol. The van der Waals surface area contributed by atoms with Gasteiger partial charge in [0.25, 0.3) is 0 Å². The van der Waals surface area contributed by atoms with Crippen LogP contribution in [0.1, 0.15) is 49.8 Å². The lowest BCUT2D eigenvalue weighted by molar-refractivity contribution is -0.118. The average molecular weight is 438 g/mol. The number of rotatable bonds is 3. The number of carbonyl (C=O) groups excluding carboxylic acids is 1. The lowest BCUT2D eigenvalue weighted by atomic mass is 9.65. The third kappa shape index (κ3) is 3.55. The van der Waals surface area contributed by atoms with E-state index in [1.807, 2.05) is 30.3 Å². The Kier molecular flexibility index (Phi) is 5.08. The Morgan fingerprint density at radius 3 is 2.48 bits per heavy atom. The van der Waals surface area contributed by atoms with Gasteiger partial charge in [0.2, 0.25) is 0 Å². The van der Waals surface area contributed by atoms with Gasteiger partial charge in [-0.1, -0.05) is 55.8 Å². The number of methoxy groups -OCH3 is 1. The molecule has 0 spiro atoms. The summed E-state index contributed by atoms with van der Waals surface area (Å²) in [5.74, 6) is 1.04. The molecule has 0 amide bonds. The second-order valence-electron chi connectivity index (χ2n) is 9.57. The number of halogens is 1. The fourth-order valence-corrected chi connectivity index (χ4v) is 5.75. The van der Waals surface area contributed by atoms with Crippen molar-refractivity contribution in [1.82, 2.24) is 16.2 Å². The zero-order chi connectivity index (χ0) is 21.8. The predicted octanol–water partition coefficient (Wildman–Crippen LogP) is 4.47. The van der Waals surface area contributed by atoms with Crippen LogP contribution in [0, 0.1) is 11.3 Å². The van der Waals surface area contributed by atoms with Crippen LogP contribution < -0.4 is 20.9 Å². The zero-order valence-corrected chi connectivity index (χ0v) is 18.8. The summed E-state index contributed by atoms with van der Waals surface area (Å²) in [6.45, 7) is 4.32. The van der Waals surface area contributed by atoms with Crippen LogP contribution in [0.3, 0.4) is 0 Å². The van der Waals surface area contributed by atoms with Crippen LogP contribution >= 0.6 is 11.6 Å². The largest absolute Gasteiger partial charge is 0.497 e. The van der Waals surface area contributed by atoms with E-state index in [1.54, 1.807) is 7.11 Å². The summed E-state index contributed by atoms with van der Waals surface area (Å²) in [7, 11) is 1.67. The molecule has 1 fully saturated rings. The van der Waals surface area contributed by atoms with Crippen LogP contribution in [0.4, 0.5) is 0 Å². The molecule has 5 rings (SSSR count). The Morgan fingerprint density at radius 2 is 1.77 bits per heavy atom. The number of hydrogen-bond donors (Lipinski definition) is 3. The molecule has 1 aliphatic carbocycles. The molecule has 5 nitrogen and oxygen atoms in total. The summed E-state index contributed by atoms with van der Waals surface area (Å²) in [5.41, 5.74) is 11.0. The van der Waals surface area contributed by atoms with E-state index in [2.05, 4.69) is 48.2 Å². The molecule has 31 heavy (non-hydrogen) atoms.